The fourth-order valence-corrected chi connectivity index (χ4v) is 2.86. The molecule has 1 aliphatic heterocycles. The van der Waals surface area contributed by atoms with Gasteiger partial charge in [-0.15, -0.1) is 12.4 Å². The molecule has 0 amide bonds. The highest BCUT2D eigenvalue weighted by atomic mass is 35.5. The SMILES string of the molecule is CCc1ccc(C23CNCC2C3)cc1.Cl. The van der Waals surface area contributed by atoms with E-state index in [-0.39, 0.29) is 12.4 Å². The highest BCUT2D eigenvalue weighted by Crippen LogP contribution is 2.56. The van der Waals surface area contributed by atoms with E-state index in [4.69, 9.17) is 0 Å². The topological polar surface area (TPSA) is 12.0 Å². The van der Waals surface area contributed by atoms with Crippen LogP contribution in [0, 0.1) is 5.92 Å². The van der Waals surface area contributed by atoms with E-state index in [0.29, 0.717) is 5.41 Å². The lowest BCUT2D eigenvalue weighted by Crippen LogP contribution is -2.19. The van der Waals surface area contributed by atoms with E-state index in [2.05, 4.69) is 36.5 Å². The van der Waals surface area contributed by atoms with Crippen LogP contribution >= 0.6 is 12.4 Å². The van der Waals surface area contributed by atoms with Gasteiger partial charge in [0.05, 0.1) is 0 Å². The first-order valence-electron chi connectivity index (χ1n) is 5.65. The van der Waals surface area contributed by atoms with Crippen molar-refractivity contribution in [3.8, 4) is 0 Å². The van der Waals surface area contributed by atoms with Gasteiger partial charge >= 0.3 is 0 Å². The third-order valence-corrected chi connectivity index (χ3v) is 4.00. The van der Waals surface area contributed by atoms with Crippen LogP contribution in [0.25, 0.3) is 0 Å². The molecule has 1 saturated carbocycles. The first-order chi connectivity index (χ1) is 6.85. The molecule has 1 nitrogen and oxygen atoms in total. The normalized spacial score (nSPS) is 31.9. The summed E-state index contributed by atoms with van der Waals surface area (Å²) in [4.78, 5) is 0. The van der Waals surface area contributed by atoms with Crippen molar-refractivity contribution in [1.82, 2.24) is 5.32 Å². The fourth-order valence-electron chi connectivity index (χ4n) is 2.86. The highest BCUT2D eigenvalue weighted by Gasteiger charge is 2.57. The summed E-state index contributed by atoms with van der Waals surface area (Å²) in [6.07, 6.45) is 2.56. The molecule has 2 unspecified atom stereocenters. The molecule has 1 aromatic rings. The average molecular weight is 224 g/mol. The van der Waals surface area contributed by atoms with Crippen LogP contribution < -0.4 is 5.32 Å². The first-order valence-corrected chi connectivity index (χ1v) is 5.65. The number of halogens is 1. The minimum absolute atomic E-state index is 0. The minimum Gasteiger partial charge on any atom is -0.316 e. The fraction of sp³-hybridized carbons (Fsp3) is 0.538. The summed E-state index contributed by atoms with van der Waals surface area (Å²) in [6.45, 7) is 4.64. The van der Waals surface area contributed by atoms with Crippen molar-refractivity contribution in [2.45, 2.75) is 25.2 Å². The van der Waals surface area contributed by atoms with Crippen LogP contribution in [-0.2, 0) is 11.8 Å². The van der Waals surface area contributed by atoms with Crippen molar-refractivity contribution in [2.75, 3.05) is 13.1 Å². The number of rotatable bonds is 2. The molecule has 1 heterocycles. The van der Waals surface area contributed by atoms with Gasteiger partial charge in [-0.2, -0.15) is 0 Å². The number of fused-ring (bicyclic) bond motifs is 1. The lowest BCUT2D eigenvalue weighted by molar-refractivity contribution is 0.675. The lowest BCUT2D eigenvalue weighted by Gasteiger charge is -2.12. The summed E-state index contributed by atoms with van der Waals surface area (Å²) in [5.74, 6) is 0.926. The van der Waals surface area contributed by atoms with E-state index < -0.39 is 0 Å². The predicted molar refractivity (Wildman–Crippen MR) is 65.7 cm³/mol. The Labute approximate surface area is 97.7 Å². The second-order valence-electron chi connectivity index (χ2n) is 4.74. The molecule has 1 N–H and O–H groups in total. The number of hydrogen-bond donors (Lipinski definition) is 1. The van der Waals surface area contributed by atoms with Gasteiger partial charge in [-0.3, -0.25) is 0 Å². The molecule has 2 atom stereocenters. The Kier molecular flexibility index (Phi) is 2.78. The van der Waals surface area contributed by atoms with Gasteiger partial charge in [0.25, 0.3) is 0 Å². The smallest absolute Gasteiger partial charge is 0.0122 e. The van der Waals surface area contributed by atoms with Crippen LogP contribution in [0.4, 0.5) is 0 Å². The van der Waals surface area contributed by atoms with Gasteiger partial charge < -0.3 is 5.32 Å². The van der Waals surface area contributed by atoms with Crippen LogP contribution in [0.1, 0.15) is 24.5 Å². The summed E-state index contributed by atoms with van der Waals surface area (Å²) >= 11 is 0. The zero-order valence-corrected chi connectivity index (χ0v) is 9.94. The van der Waals surface area contributed by atoms with Crippen LogP contribution in [0.3, 0.4) is 0 Å². The van der Waals surface area contributed by atoms with E-state index >= 15 is 0 Å². The molecule has 15 heavy (non-hydrogen) atoms. The zero-order chi connectivity index (χ0) is 9.60. The van der Waals surface area contributed by atoms with E-state index in [9.17, 15) is 0 Å². The van der Waals surface area contributed by atoms with Crippen molar-refractivity contribution in [3.05, 3.63) is 35.4 Å². The number of aryl methyl sites for hydroxylation is 1. The summed E-state index contributed by atoms with van der Waals surface area (Å²) < 4.78 is 0. The molecule has 1 aliphatic carbocycles. The third-order valence-electron chi connectivity index (χ3n) is 4.00. The number of piperidine rings is 1. The number of benzene rings is 1. The number of hydrogen-bond acceptors (Lipinski definition) is 1. The molecule has 1 saturated heterocycles. The van der Waals surface area contributed by atoms with Crippen molar-refractivity contribution in [2.24, 2.45) is 5.92 Å². The van der Waals surface area contributed by atoms with Crippen molar-refractivity contribution in [1.29, 1.82) is 0 Å². The Hall–Kier alpha value is -0.530. The second-order valence-corrected chi connectivity index (χ2v) is 4.74. The third kappa shape index (κ3) is 1.58. The largest absolute Gasteiger partial charge is 0.316 e. The van der Waals surface area contributed by atoms with Gasteiger partial charge in [0.1, 0.15) is 0 Å². The monoisotopic (exact) mass is 223 g/mol. The van der Waals surface area contributed by atoms with E-state index in [0.717, 1.165) is 12.3 Å². The van der Waals surface area contributed by atoms with E-state index in [1.165, 1.54) is 25.1 Å². The lowest BCUT2D eigenvalue weighted by atomic mass is 9.94. The van der Waals surface area contributed by atoms with Crippen LogP contribution in [0.2, 0.25) is 0 Å². The molecular formula is C13H18ClN. The Morgan fingerprint density at radius 3 is 2.53 bits per heavy atom. The van der Waals surface area contributed by atoms with Gasteiger partial charge in [0.15, 0.2) is 0 Å². The van der Waals surface area contributed by atoms with Crippen LogP contribution in [-0.4, -0.2) is 13.1 Å². The minimum atomic E-state index is 0. The molecule has 0 aromatic heterocycles. The Bertz CT molecular complexity index is 346. The molecule has 2 aliphatic rings. The highest BCUT2D eigenvalue weighted by molar-refractivity contribution is 5.85. The molecule has 0 radical (unpaired) electrons. The van der Waals surface area contributed by atoms with Gasteiger partial charge in [-0.1, -0.05) is 31.2 Å². The van der Waals surface area contributed by atoms with E-state index in [1.807, 2.05) is 0 Å². The predicted octanol–water partition coefficient (Wildman–Crippen LogP) is 2.53. The van der Waals surface area contributed by atoms with Gasteiger partial charge in [0, 0.05) is 12.0 Å². The second kappa shape index (κ2) is 3.80. The summed E-state index contributed by atoms with van der Waals surface area (Å²) in [7, 11) is 0. The molecule has 0 spiro atoms. The zero-order valence-electron chi connectivity index (χ0n) is 9.12. The maximum absolute atomic E-state index is 3.49. The summed E-state index contributed by atoms with van der Waals surface area (Å²) in [6, 6.07) is 9.26. The van der Waals surface area contributed by atoms with Crippen LogP contribution in [0.15, 0.2) is 24.3 Å². The maximum Gasteiger partial charge on any atom is 0.0122 e. The van der Waals surface area contributed by atoms with Crippen molar-refractivity contribution in [3.63, 3.8) is 0 Å². The number of nitrogens with one attached hydrogen (secondary N) is 1. The van der Waals surface area contributed by atoms with Gasteiger partial charge in [-0.05, 0) is 36.4 Å². The van der Waals surface area contributed by atoms with Crippen LogP contribution in [0.5, 0.6) is 0 Å². The quantitative estimate of drug-likeness (QED) is 0.813. The molecule has 2 fully saturated rings. The van der Waals surface area contributed by atoms with Crippen molar-refractivity contribution >= 4 is 12.4 Å². The maximum atomic E-state index is 3.49. The molecular weight excluding hydrogens is 206 g/mol. The molecule has 0 bridgehead atoms. The summed E-state index contributed by atoms with van der Waals surface area (Å²) in [5.41, 5.74) is 3.55. The average Bonchev–Trinajstić information content (AvgIpc) is 2.82. The standard InChI is InChI=1S/C13H17N.ClH/c1-2-10-3-5-11(6-4-10)13-7-12(13)8-14-9-13;/h3-6,12,14H,2,7-9H2,1H3;1H. The first kappa shape index (κ1) is 11.0. The molecule has 3 rings (SSSR count). The van der Waals surface area contributed by atoms with Gasteiger partial charge in [-0.25, -0.2) is 0 Å². The Balaban J connectivity index is 0.000000853. The van der Waals surface area contributed by atoms with Gasteiger partial charge in [0.2, 0.25) is 0 Å². The Morgan fingerprint density at radius 1 is 1.33 bits per heavy atom. The van der Waals surface area contributed by atoms with Crippen molar-refractivity contribution < 1.29 is 0 Å². The Morgan fingerprint density at radius 2 is 2.07 bits per heavy atom. The summed E-state index contributed by atoms with van der Waals surface area (Å²) in [5, 5.41) is 3.49. The molecule has 82 valence electrons. The molecule has 1 aromatic carbocycles. The molecule has 2 heteroatoms. The van der Waals surface area contributed by atoms with E-state index in [1.54, 1.807) is 5.56 Å².